The minimum Gasteiger partial charge on any atom is -0.390 e. The van der Waals surface area contributed by atoms with Crippen LogP contribution in [0.2, 0.25) is 0 Å². The molecule has 0 atom stereocenters. The van der Waals surface area contributed by atoms with Crippen LogP contribution in [0.3, 0.4) is 0 Å². The van der Waals surface area contributed by atoms with Crippen LogP contribution in [-0.4, -0.2) is 16.8 Å². The van der Waals surface area contributed by atoms with Gasteiger partial charge in [-0.15, -0.1) is 0 Å². The lowest BCUT2D eigenvalue weighted by molar-refractivity contribution is 0.151. The van der Waals surface area contributed by atoms with Gasteiger partial charge in [-0.3, -0.25) is 0 Å². The molecule has 0 aliphatic heterocycles. The third-order valence-electron chi connectivity index (χ3n) is 3.83. The van der Waals surface area contributed by atoms with E-state index in [-0.39, 0.29) is 5.54 Å². The lowest BCUT2D eigenvalue weighted by Crippen LogP contribution is -2.11. The molecule has 1 aromatic rings. The SMILES string of the molecule is O=C=NC1(c2ccc(CC3(O)CC3)cc2)CC1. The van der Waals surface area contributed by atoms with Crippen molar-refractivity contribution < 1.29 is 9.90 Å². The molecule has 3 heteroatoms. The Morgan fingerprint density at radius 3 is 2.29 bits per heavy atom. The van der Waals surface area contributed by atoms with Gasteiger partial charge in [0, 0.05) is 6.42 Å². The molecule has 0 radical (unpaired) electrons. The predicted molar refractivity (Wildman–Crippen MR) is 63.4 cm³/mol. The van der Waals surface area contributed by atoms with Crippen LogP contribution >= 0.6 is 0 Å². The Morgan fingerprint density at radius 1 is 1.18 bits per heavy atom. The van der Waals surface area contributed by atoms with Crippen molar-refractivity contribution in [3.05, 3.63) is 35.4 Å². The van der Waals surface area contributed by atoms with Gasteiger partial charge in [0.25, 0.3) is 0 Å². The third-order valence-corrected chi connectivity index (χ3v) is 3.83. The van der Waals surface area contributed by atoms with Gasteiger partial charge in [-0.05, 0) is 36.8 Å². The van der Waals surface area contributed by atoms with Crippen molar-refractivity contribution in [2.24, 2.45) is 4.99 Å². The highest BCUT2D eigenvalue weighted by Gasteiger charge is 2.45. The molecule has 0 amide bonds. The Hall–Kier alpha value is -1.44. The van der Waals surface area contributed by atoms with Crippen molar-refractivity contribution >= 4 is 6.08 Å². The number of isocyanates is 1. The summed E-state index contributed by atoms with van der Waals surface area (Å²) in [6.45, 7) is 0. The van der Waals surface area contributed by atoms with Gasteiger partial charge in [0.2, 0.25) is 6.08 Å². The molecular weight excluding hydrogens is 214 g/mol. The van der Waals surface area contributed by atoms with E-state index in [0.717, 1.165) is 43.2 Å². The first-order valence-electron chi connectivity index (χ1n) is 6.07. The molecule has 0 aromatic heterocycles. The highest BCUT2D eigenvalue weighted by atomic mass is 16.3. The fraction of sp³-hybridized carbons (Fsp3) is 0.500. The van der Waals surface area contributed by atoms with Gasteiger partial charge < -0.3 is 5.11 Å². The van der Waals surface area contributed by atoms with Crippen LogP contribution in [0.1, 0.15) is 36.8 Å². The molecule has 0 saturated heterocycles. The molecule has 3 rings (SSSR count). The lowest BCUT2D eigenvalue weighted by Gasteiger charge is -2.11. The summed E-state index contributed by atoms with van der Waals surface area (Å²) < 4.78 is 0. The van der Waals surface area contributed by atoms with Crippen molar-refractivity contribution in [2.75, 3.05) is 0 Å². The summed E-state index contributed by atoms with van der Waals surface area (Å²) >= 11 is 0. The molecule has 1 aromatic carbocycles. The summed E-state index contributed by atoms with van der Waals surface area (Å²) in [6, 6.07) is 8.11. The number of hydrogen-bond donors (Lipinski definition) is 1. The fourth-order valence-electron chi connectivity index (χ4n) is 2.30. The molecule has 0 bridgehead atoms. The molecule has 2 fully saturated rings. The van der Waals surface area contributed by atoms with Crippen LogP contribution in [0.5, 0.6) is 0 Å². The van der Waals surface area contributed by atoms with Gasteiger partial charge in [0.05, 0.1) is 11.1 Å². The van der Waals surface area contributed by atoms with Gasteiger partial charge in [0.15, 0.2) is 0 Å². The first-order chi connectivity index (χ1) is 8.16. The number of aliphatic imine (C=N–C) groups is 1. The van der Waals surface area contributed by atoms with E-state index in [1.54, 1.807) is 6.08 Å². The van der Waals surface area contributed by atoms with Gasteiger partial charge in [-0.25, -0.2) is 4.79 Å². The third kappa shape index (κ3) is 2.04. The molecule has 2 aliphatic rings. The predicted octanol–water partition coefficient (Wildman–Crippen LogP) is 2.08. The second-order valence-electron chi connectivity index (χ2n) is 5.33. The number of rotatable bonds is 4. The van der Waals surface area contributed by atoms with E-state index < -0.39 is 5.60 Å². The summed E-state index contributed by atoms with van der Waals surface area (Å²) in [4.78, 5) is 14.3. The minimum absolute atomic E-state index is 0.281. The van der Waals surface area contributed by atoms with Crippen LogP contribution in [-0.2, 0) is 16.8 Å². The van der Waals surface area contributed by atoms with Crippen molar-refractivity contribution in [2.45, 2.75) is 43.2 Å². The van der Waals surface area contributed by atoms with Crippen molar-refractivity contribution in [3.8, 4) is 0 Å². The highest BCUT2D eigenvalue weighted by molar-refractivity contribution is 5.42. The summed E-state index contributed by atoms with van der Waals surface area (Å²) in [6.07, 6.45) is 6.09. The first-order valence-corrected chi connectivity index (χ1v) is 6.07. The van der Waals surface area contributed by atoms with Gasteiger partial charge >= 0.3 is 0 Å². The van der Waals surface area contributed by atoms with Crippen molar-refractivity contribution in [1.82, 2.24) is 0 Å². The Kier molecular flexibility index (Phi) is 2.22. The molecule has 0 spiro atoms. The van der Waals surface area contributed by atoms with Crippen LogP contribution in [0.15, 0.2) is 29.3 Å². The lowest BCUT2D eigenvalue weighted by atomic mass is 10.0. The summed E-state index contributed by atoms with van der Waals surface area (Å²) in [7, 11) is 0. The molecule has 88 valence electrons. The maximum atomic E-state index is 10.4. The Labute approximate surface area is 100 Å². The second kappa shape index (κ2) is 3.52. The zero-order valence-electron chi connectivity index (χ0n) is 9.65. The molecule has 17 heavy (non-hydrogen) atoms. The van der Waals surface area contributed by atoms with Crippen LogP contribution < -0.4 is 0 Å². The number of hydrogen-bond acceptors (Lipinski definition) is 3. The van der Waals surface area contributed by atoms with Crippen molar-refractivity contribution in [3.63, 3.8) is 0 Å². The molecule has 0 heterocycles. The smallest absolute Gasteiger partial charge is 0.235 e. The molecule has 3 nitrogen and oxygen atoms in total. The number of nitrogens with zero attached hydrogens (tertiary/aromatic N) is 1. The van der Waals surface area contributed by atoms with E-state index >= 15 is 0 Å². The monoisotopic (exact) mass is 229 g/mol. The number of carbonyl (C=O) groups excluding carboxylic acids is 1. The Bertz CT molecular complexity index is 477. The van der Waals surface area contributed by atoms with Gasteiger partial charge in [0.1, 0.15) is 0 Å². The summed E-state index contributed by atoms with van der Waals surface area (Å²) in [5.74, 6) is 0. The molecule has 0 unspecified atom stereocenters. The van der Waals surface area contributed by atoms with Crippen LogP contribution in [0.25, 0.3) is 0 Å². The zero-order valence-corrected chi connectivity index (χ0v) is 9.65. The quantitative estimate of drug-likeness (QED) is 0.634. The van der Waals surface area contributed by atoms with E-state index in [4.69, 9.17) is 0 Å². The Morgan fingerprint density at radius 2 is 1.82 bits per heavy atom. The van der Waals surface area contributed by atoms with E-state index in [9.17, 15) is 9.90 Å². The standard InChI is InChI=1S/C14H15NO2/c16-10-15-14(7-8-14)12-3-1-11(2-4-12)9-13(17)5-6-13/h1-4,17H,5-9H2. The van der Waals surface area contributed by atoms with E-state index in [0.29, 0.717) is 0 Å². The van der Waals surface area contributed by atoms with Crippen LogP contribution in [0, 0.1) is 0 Å². The average Bonchev–Trinajstić information content (AvgIpc) is 3.21. The van der Waals surface area contributed by atoms with Gasteiger partial charge in [-0.1, -0.05) is 24.3 Å². The highest BCUT2D eigenvalue weighted by Crippen LogP contribution is 2.49. The molecule has 2 saturated carbocycles. The number of aliphatic hydroxyl groups is 1. The van der Waals surface area contributed by atoms with Crippen LogP contribution in [0.4, 0.5) is 0 Å². The molecule has 1 N–H and O–H groups in total. The topological polar surface area (TPSA) is 49.7 Å². The summed E-state index contributed by atoms with van der Waals surface area (Å²) in [5, 5.41) is 9.84. The van der Waals surface area contributed by atoms with Crippen molar-refractivity contribution in [1.29, 1.82) is 0 Å². The zero-order chi connectivity index (χ0) is 11.9. The van der Waals surface area contributed by atoms with E-state index in [1.807, 2.05) is 24.3 Å². The largest absolute Gasteiger partial charge is 0.390 e. The van der Waals surface area contributed by atoms with Gasteiger partial charge in [-0.2, -0.15) is 4.99 Å². The summed E-state index contributed by atoms with van der Waals surface area (Å²) in [5.41, 5.74) is 1.52. The molecular formula is C14H15NO2. The van der Waals surface area contributed by atoms with E-state index in [2.05, 4.69) is 4.99 Å². The Balaban J connectivity index is 1.78. The van der Waals surface area contributed by atoms with E-state index in [1.165, 1.54) is 0 Å². The number of benzene rings is 1. The maximum absolute atomic E-state index is 10.4. The fourth-order valence-corrected chi connectivity index (χ4v) is 2.30. The second-order valence-corrected chi connectivity index (χ2v) is 5.33. The maximum Gasteiger partial charge on any atom is 0.235 e. The first kappa shape index (κ1) is 10.7. The minimum atomic E-state index is -0.445. The average molecular weight is 229 g/mol. The molecule has 2 aliphatic carbocycles. The normalized spacial score (nSPS) is 22.6.